The maximum Gasteiger partial charge on any atom is 0.160 e. The number of rotatable bonds is 5. The van der Waals surface area contributed by atoms with Gasteiger partial charge in [0.1, 0.15) is 0 Å². The van der Waals surface area contributed by atoms with Gasteiger partial charge in [-0.3, -0.25) is 0 Å². The second-order valence-electron chi connectivity index (χ2n) is 14.1. The van der Waals surface area contributed by atoms with Gasteiger partial charge in [-0.25, -0.2) is 9.97 Å². The van der Waals surface area contributed by atoms with Crippen molar-refractivity contribution in [3.63, 3.8) is 0 Å². The molecule has 3 nitrogen and oxygen atoms in total. The molecule has 0 amide bonds. The average molecular weight is 700 g/mol. The first-order chi connectivity index (χ1) is 27.3. The van der Waals surface area contributed by atoms with Crippen molar-refractivity contribution in [2.24, 2.45) is 0 Å². The number of hydrogen-bond donors (Lipinski definition) is 0. The van der Waals surface area contributed by atoms with Crippen LogP contribution in [0.4, 0.5) is 0 Å². The average Bonchev–Trinajstić information content (AvgIpc) is 3.61. The van der Waals surface area contributed by atoms with Crippen molar-refractivity contribution in [2.75, 3.05) is 0 Å². The minimum absolute atomic E-state index is 0.694. The number of hydrogen-bond acceptors (Lipinski definition) is 2. The second-order valence-corrected chi connectivity index (χ2v) is 14.1. The lowest BCUT2D eigenvalue weighted by Crippen LogP contribution is -2.01. The van der Waals surface area contributed by atoms with Crippen LogP contribution >= 0.6 is 0 Å². The molecule has 0 unspecified atom stereocenters. The third kappa shape index (κ3) is 5.05. The van der Waals surface area contributed by atoms with Crippen LogP contribution in [0.3, 0.4) is 0 Å². The van der Waals surface area contributed by atoms with Crippen LogP contribution in [0.25, 0.3) is 105 Å². The third-order valence-corrected chi connectivity index (χ3v) is 11.0. The van der Waals surface area contributed by atoms with E-state index in [1.807, 2.05) is 12.1 Å². The molecule has 3 heteroatoms. The fourth-order valence-electron chi connectivity index (χ4n) is 8.53. The second kappa shape index (κ2) is 12.6. The van der Waals surface area contributed by atoms with E-state index in [2.05, 4.69) is 193 Å². The van der Waals surface area contributed by atoms with E-state index in [0.29, 0.717) is 5.82 Å². The van der Waals surface area contributed by atoms with Crippen LogP contribution in [0.15, 0.2) is 200 Å². The predicted molar refractivity (Wildman–Crippen MR) is 231 cm³/mol. The molecule has 0 saturated carbocycles. The van der Waals surface area contributed by atoms with Crippen molar-refractivity contribution in [3.05, 3.63) is 200 Å². The fourth-order valence-corrected chi connectivity index (χ4v) is 8.53. The highest BCUT2D eigenvalue weighted by molar-refractivity contribution is 6.26. The van der Waals surface area contributed by atoms with E-state index in [1.54, 1.807) is 0 Å². The monoisotopic (exact) mass is 699 g/mol. The lowest BCUT2D eigenvalue weighted by atomic mass is 9.91. The molecule has 0 saturated heterocycles. The van der Waals surface area contributed by atoms with Crippen molar-refractivity contribution in [2.45, 2.75) is 0 Å². The highest BCUT2D eigenvalue weighted by Gasteiger charge is 2.22. The molecule has 0 N–H and O–H groups in total. The SMILES string of the molecule is c1ccc(-c2cc(-c3cc4c5ccccc5c5ccccc5c4cc3-n3c4ccccc4c4c(-c5ccccc5)cccc43)nc(-c3ccccc3)n2)cc1. The molecule has 0 spiro atoms. The van der Waals surface area contributed by atoms with Crippen LogP contribution in [0.5, 0.6) is 0 Å². The van der Waals surface area contributed by atoms with Crippen molar-refractivity contribution >= 4 is 54.1 Å². The number of para-hydroxylation sites is 1. The topological polar surface area (TPSA) is 30.7 Å². The zero-order valence-corrected chi connectivity index (χ0v) is 29.9. The Balaban J connectivity index is 1.32. The number of benzene rings is 9. The van der Waals surface area contributed by atoms with Gasteiger partial charge < -0.3 is 4.57 Å². The van der Waals surface area contributed by atoms with Crippen molar-refractivity contribution in [1.29, 1.82) is 0 Å². The first kappa shape index (κ1) is 31.2. The summed E-state index contributed by atoms with van der Waals surface area (Å²) in [5.74, 6) is 0.694. The standard InChI is InChI=1S/C52H33N3/c1-4-17-34(18-5-1)37-28-16-30-49-51(37)42-27-14-15-29-48(42)55(49)50-32-44-41-26-13-11-24-39(41)38-23-10-12-25-40(38)43(44)31-45(50)47-33-46(35-19-6-2-7-20-35)53-52(54-47)36-21-8-3-9-22-36/h1-33H. The molecule has 0 atom stereocenters. The van der Waals surface area contributed by atoms with Crippen molar-refractivity contribution < 1.29 is 0 Å². The van der Waals surface area contributed by atoms with Gasteiger partial charge in [0.25, 0.3) is 0 Å². The van der Waals surface area contributed by atoms with E-state index >= 15 is 0 Å². The Hall–Kier alpha value is -7.36. The summed E-state index contributed by atoms with van der Waals surface area (Å²) < 4.78 is 2.46. The van der Waals surface area contributed by atoms with Crippen LogP contribution in [0.2, 0.25) is 0 Å². The van der Waals surface area contributed by atoms with E-state index in [-0.39, 0.29) is 0 Å². The Bertz CT molecular complexity index is 3180. The molecule has 0 fully saturated rings. The van der Waals surface area contributed by atoms with Gasteiger partial charge in [-0.15, -0.1) is 0 Å². The summed E-state index contributed by atoms with van der Waals surface area (Å²) in [7, 11) is 0. The molecule has 0 aliphatic carbocycles. The van der Waals surface area contributed by atoms with Gasteiger partial charge >= 0.3 is 0 Å². The van der Waals surface area contributed by atoms with Crippen LogP contribution in [-0.4, -0.2) is 14.5 Å². The number of aromatic nitrogens is 3. The molecule has 55 heavy (non-hydrogen) atoms. The molecule has 9 aromatic carbocycles. The molecule has 2 heterocycles. The lowest BCUT2D eigenvalue weighted by molar-refractivity contribution is 1.15. The maximum absolute atomic E-state index is 5.42. The smallest absolute Gasteiger partial charge is 0.160 e. The summed E-state index contributed by atoms with van der Waals surface area (Å²) in [6.07, 6.45) is 0. The largest absolute Gasteiger partial charge is 0.309 e. The third-order valence-electron chi connectivity index (χ3n) is 11.0. The molecular weight excluding hydrogens is 667 g/mol. The molecule has 0 radical (unpaired) electrons. The maximum atomic E-state index is 5.42. The summed E-state index contributed by atoms with van der Waals surface area (Å²) >= 11 is 0. The summed E-state index contributed by atoms with van der Waals surface area (Å²) in [5, 5.41) is 9.79. The van der Waals surface area contributed by atoms with Gasteiger partial charge in [0.05, 0.1) is 28.1 Å². The molecular formula is C52H33N3. The van der Waals surface area contributed by atoms with Crippen molar-refractivity contribution in [1.82, 2.24) is 14.5 Å². The summed E-state index contributed by atoms with van der Waals surface area (Å²) in [6, 6.07) is 71.5. The van der Waals surface area contributed by atoms with E-state index in [4.69, 9.17) is 9.97 Å². The Morgan fingerprint density at radius 1 is 0.309 bits per heavy atom. The number of fused-ring (bicyclic) bond motifs is 9. The Morgan fingerprint density at radius 3 is 1.45 bits per heavy atom. The minimum Gasteiger partial charge on any atom is -0.309 e. The highest BCUT2D eigenvalue weighted by Crippen LogP contribution is 2.44. The molecule has 2 aromatic heterocycles. The first-order valence-electron chi connectivity index (χ1n) is 18.8. The van der Waals surface area contributed by atoms with Gasteiger partial charge in [0, 0.05) is 27.5 Å². The van der Waals surface area contributed by atoms with Crippen LogP contribution in [-0.2, 0) is 0 Å². The van der Waals surface area contributed by atoms with E-state index in [9.17, 15) is 0 Å². The van der Waals surface area contributed by atoms with E-state index < -0.39 is 0 Å². The Labute approximate surface area is 318 Å². The minimum atomic E-state index is 0.694. The zero-order chi connectivity index (χ0) is 36.3. The van der Waals surface area contributed by atoms with Crippen LogP contribution in [0, 0.1) is 0 Å². The molecule has 0 aliphatic rings. The summed E-state index contributed by atoms with van der Waals surface area (Å²) in [6.45, 7) is 0. The normalized spacial score (nSPS) is 11.6. The lowest BCUT2D eigenvalue weighted by Gasteiger charge is -2.19. The molecule has 11 rings (SSSR count). The zero-order valence-electron chi connectivity index (χ0n) is 29.9. The first-order valence-corrected chi connectivity index (χ1v) is 18.8. The van der Waals surface area contributed by atoms with E-state index in [1.165, 1.54) is 54.2 Å². The van der Waals surface area contributed by atoms with Crippen LogP contribution < -0.4 is 0 Å². The Morgan fingerprint density at radius 2 is 0.800 bits per heavy atom. The van der Waals surface area contributed by atoms with Gasteiger partial charge in [0.15, 0.2) is 5.82 Å². The molecule has 0 aliphatic heterocycles. The summed E-state index contributed by atoms with van der Waals surface area (Å²) in [5.41, 5.74) is 10.6. The molecule has 256 valence electrons. The van der Waals surface area contributed by atoms with Gasteiger partial charge in [-0.2, -0.15) is 0 Å². The number of nitrogens with zero attached hydrogens (tertiary/aromatic N) is 3. The predicted octanol–water partition coefficient (Wildman–Crippen LogP) is 13.7. The quantitative estimate of drug-likeness (QED) is 0.167. The summed E-state index contributed by atoms with van der Waals surface area (Å²) in [4.78, 5) is 10.6. The van der Waals surface area contributed by atoms with Gasteiger partial charge in [-0.05, 0) is 73.8 Å². The highest BCUT2D eigenvalue weighted by atomic mass is 15.0. The molecule has 0 bridgehead atoms. The van der Waals surface area contributed by atoms with Gasteiger partial charge in [-0.1, -0.05) is 170 Å². The molecule has 11 aromatic rings. The Kier molecular flexibility index (Phi) is 7.17. The van der Waals surface area contributed by atoms with Crippen molar-refractivity contribution in [3.8, 4) is 50.7 Å². The van der Waals surface area contributed by atoms with Crippen LogP contribution in [0.1, 0.15) is 0 Å². The fraction of sp³-hybridized carbons (Fsp3) is 0. The van der Waals surface area contributed by atoms with E-state index in [0.717, 1.165) is 44.8 Å². The van der Waals surface area contributed by atoms with Gasteiger partial charge in [0.2, 0.25) is 0 Å².